The third kappa shape index (κ3) is 1.66. The molecule has 0 aromatic heterocycles. The van der Waals surface area contributed by atoms with Crippen molar-refractivity contribution in [3.05, 3.63) is 6.42 Å². The summed E-state index contributed by atoms with van der Waals surface area (Å²) in [6, 6.07) is 0. The fourth-order valence-corrected chi connectivity index (χ4v) is 0.764. The summed E-state index contributed by atoms with van der Waals surface area (Å²) in [5.74, 6) is -0.311. The molecule has 1 heterocycles. The molecule has 1 radical (unpaired) electrons. The van der Waals surface area contributed by atoms with Gasteiger partial charge in [-0.3, -0.25) is 0 Å². The Morgan fingerprint density at radius 1 is 1.44 bits per heavy atom. The maximum atomic E-state index is 5.34. The number of rotatable bonds is 1. The van der Waals surface area contributed by atoms with Crippen molar-refractivity contribution in [2.75, 3.05) is 13.2 Å². The van der Waals surface area contributed by atoms with E-state index in [0.29, 0.717) is 0 Å². The SMILES string of the molecule is CCC1(C)OC[CH]CO1. The van der Waals surface area contributed by atoms with E-state index in [1.165, 1.54) is 0 Å². The van der Waals surface area contributed by atoms with Gasteiger partial charge in [-0.25, -0.2) is 0 Å². The molecule has 0 aromatic carbocycles. The molecule has 1 saturated heterocycles. The summed E-state index contributed by atoms with van der Waals surface area (Å²) >= 11 is 0. The second kappa shape index (κ2) is 2.67. The van der Waals surface area contributed by atoms with Crippen LogP contribution in [0.15, 0.2) is 0 Å². The molecule has 0 saturated carbocycles. The van der Waals surface area contributed by atoms with Crippen LogP contribution in [0.3, 0.4) is 0 Å². The molecule has 0 N–H and O–H groups in total. The summed E-state index contributed by atoms with van der Waals surface area (Å²) in [7, 11) is 0. The summed E-state index contributed by atoms with van der Waals surface area (Å²) in [6.07, 6.45) is 2.90. The lowest BCUT2D eigenvalue weighted by Gasteiger charge is -2.32. The molecule has 1 aliphatic rings. The van der Waals surface area contributed by atoms with Crippen LogP contribution < -0.4 is 0 Å². The highest BCUT2D eigenvalue weighted by Crippen LogP contribution is 2.20. The molecule has 0 aliphatic carbocycles. The molecule has 0 bridgehead atoms. The highest BCUT2D eigenvalue weighted by molar-refractivity contribution is 4.73. The van der Waals surface area contributed by atoms with Gasteiger partial charge in [-0.05, 0) is 13.3 Å². The van der Waals surface area contributed by atoms with Crippen molar-refractivity contribution in [2.24, 2.45) is 0 Å². The zero-order valence-corrected chi connectivity index (χ0v) is 6.02. The van der Waals surface area contributed by atoms with Crippen LogP contribution in [0.2, 0.25) is 0 Å². The third-order valence-corrected chi connectivity index (χ3v) is 1.66. The normalized spacial score (nSPS) is 26.0. The second-order valence-electron chi connectivity index (χ2n) is 2.40. The van der Waals surface area contributed by atoms with E-state index in [2.05, 4.69) is 6.92 Å². The van der Waals surface area contributed by atoms with Gasteiger partial charge in [-0.2, -0.15) is 0 Å². The lowest BCUT2D eigenvalue weighted by molar-refractivity contribution is -0.241. The molecule has 0 unspecified atom stereocenters. The summed E-state index contributed by atoms with van der Waals surface area (Å²) in [5.41, 5.74) is 0. The van der Waals surface area contributed by atoms with Gasteiger partial charge in [0.2, 0.25) is 0 Å². The van der Waals surface area contributed by atoms with Crippen LogP contribution >= 0.6 is 0 Å². The molecule has 2 heteroatoms. The van der Waals surface area contributed by atoms with Gasteiger partial charge < -0.3 is 9.47 Å². The van der Waals surface area contributed by atoms with Crippen LogP contribution in [0.5, 0.6) is 0 Å². The van der Waals surface area contributed by atoms with Gasteiger partial charge in [0.05, 0.1) is 13.2 Å². The Hall–Kier alpha value is -0.0800. The van der Waals surface area contributed by atoms with E-state index in [1.807, 2.05) is 13.3 Å². The summed E-state index contributed by atoms with van der Waals surface area (Å²) < 4.78 is 10.7. The lowest BCUT2D eigenvalue weighted by atomic mass is 10.2. The Labute approximate surface area is 56.2 Å². The van der Waals surface area contributed by atoms with Crippen molar-refractivity contribution in [3.8, 4) is 0 Å². The second-order valence-corrected chi connectivity index (χ2v) is 2.40. The largest absolute Gasteiger partial charge is 0.350 e. The fraction of sp³-hybridized carbons (Fsp3) is 0.857. The smallest absolute Gasteiger partial charge is 0.165 e. The first-order chi connectivity index (χ1) is 4.27. The van der Waals surface area contributed by atoms with E-state index in [9.17, 15) is 0 Å². The van der Waals surface area contributed by atoms with Crippen LogP contribution in [0, 0.1) is 6.42 Å². The lowest BCUT2D eigenvalue weighted by Crippen LogP contribution is -2.36. The number of hydrogen-bond acceptors (Lipinski definition) is 2. The minimum atomic E-state index is -0.311. The van der Waals surface area contributed by atoms with Crippen molar-refractivity contribution in [1.29, 1.82) is 0 Å². The van der Waals surface area contributed by atoms with E-state index in [4.69, 9.17) is 9.47 Å². The predicted molar refractivity (Wildman–Crippen MR) is 34.9 cm³/mol. The first-order valence-electron chi connectivity index (χ1n) is 3.36. The van der Waals surface area contributed by atoms with Crippen molar-refractivity contribution >= 4 is 0 Å². The quantitative estimate of drug-likeness (QED) is 0.532. The molecule has 1 aliphatic heterocycles. The average molecular weight is 129 g/mol. The van der Waals surface area contributed by atoms with Crippen LogP contribution in [-0.2, 0) is 9.47 Å². The number of hydrogen-bond donors (Lipinski definition) is 0. The Morgan fingerprint density at radius 2 is 2.00 bits per heavy atom. The molecule has 53 valence electrons. The average Bonchev–Trinajstić information content (AvgIpc) is 1.90. The first-order valence-corrected chi connectivity index (χ1v) is 3.36. The third-order valence-electron chi connectivity index (χ3n) is 1.66. The van der Waals surface area contributed by atoms with E-state index < -0.39 is 0 Å². The Morgan fingerprint density at radius 3 is 2.33 bits per heavy atom. The van der Waals surface area contributed by atoms with E-state index in [1.54, 1.807) is 0 Å². The molecule has 2 nitrogen and oxygen atoms in total. The minimum absolute atomic E-state index is 0.311. The number of ether oxygens (including phenoxy) is 2. The Kier molecular flexibility index (Phi) is 2.09. The van der Waals surface area contributed by atoms with Crippen LogP contribution in [0.25, 0.3) is 0 Å². The van der Waals surface area contributed by atoms with E-state index >= 15 is 0 Å². The van der Waals surface area contributed by atoms with E-state index in [-0.39, 0.29) is 5.79 Å². The standard InChI is InChI=1S/C7H13O2/c1-3-7(2)8-5-4-6-9-7/h4H,3,5-6H2,1-2H3. The van der Waals surface area contributed by atoms with Gasteiger partial charge in [0.25, 0.3) is 0 Å². The van der Waals surface area contributed by atoms with Gasteiger partial charge in [-0.15, -0.1) is 0 Å². The van der Waals surface area contributed by atoms with Gasteiger partial charge in [0.15, 0.2) is 5.79 Å². The van der Waals surface area contributed by atoms with Crippen LogP contribution in [0.1, 0.15) is 20.3 Å². The highest BCUT2D eigenvalue weighted by atomic mass is 16.7. The molecule has 0 amide bonds. The molecular weight excluding hydrogens is 116 g/mol. The maximum Gasteiger partial charge on any atom is 0.165 e. The summed E-state index contributed by atoms with van der Waals surface area (Å²) in [5, 5.41) is 0. The topological polar surface area (TPSA) is 18.5 Å². The van der Waals surface area contributed by atoms with E-state index in [0.717, 1.165) is 19.6 Å². The molecule has 0 spiro atoms. The summed E-state index contributed by atoms with van der Waals surface area (Å²) in [6.45, 7) is 5.49. The zero-order chi connectivity index (χ0) is 6.74. The van der Waals surface area contributed by atoms with Gasteiger partial charge in [0, 0.05) is 6.42 Å². The van der Waals surface area contributed by atoms with Gasteiger partial charge in [0.1, 0.15) is 0 Å². The predicted octanol–water partition coefficient (Wildman–Crippen LogP) is 1.36. The highest BCUT2D eigenvalue weighted by Gasteiger charge is 2.25. The molecule has 1 rings (SSSR count). The van der Waals surface area contributed by atoms with Crippen molar-refractivity contribution < 1.29 is 9.47 Å². The monoisotopic (exact) mass is 129 g/mol. The molecular formula is C7H13O2. The first kappa shape index (κ1) is 7.03. The van der Waals surface area contributed by atoms with Gasteiger partial charge >= 0.3 is 0 Å². The molecule has 0 atom stereocenters. The van der Waals surface area contributed by atoms with Crippen molar-refractivity contribution in [2.45, 2.75) is 26.1 Å². The van der Waals surface area contributed by atoms with Crippen molar-refractivity contribution in [1.82, 2.24) is 0 Å². The molecule has 9 heavy (non-hydrogen) atoms. The van der Waals surface area contributed by atoms with Crippen molar-refractivity contribution in [3.63, 3.8) is 0 Å². The fourth-order valence-electron chi connectivity index (χ4n) is 0.764. The Bertz CT molecular complexity index is 84.9. The molecule has 0 aromatic rings. The maximum absolute atomic E-state index is 5.34. The van der Waals surface area contributed by atoms with Crippen LogP contribution in [-0.4, -0.2) is 19.0 Å². The molecule has 1 fully saturated rings. The minimum Gasteiger partial charge on any atom is -0.350 e. The zero-order valence-electron chi connectivity index (χ0n) is 6.02. The van der Waals surface area contributed by atoms with Crippen LogP contribution in [0.4, 0.5) is 0 Å². The summed E-state index contributed by atoms with van der Waals surface area (Å²) in [4.78, 5) is 0. The van der Waals surface area contributed by atoms with Gasteiger partial charge in [-0.1, -0.05) is 6.92 Å². The Balaban J connectivity index is 2.37.